The third kappa shape index (κ3) is 4.29. The minimum absolute atomic E-state index is 0.212. The fourth-order valence-corrected chi connectivity index (χ4v) is 3.90. The van der Waals surface area contributed by atoms with E-state index in [1.54, 1.807) is 0 Å². The molecular formula is C19H25ClN2O2. The first-order chi connectivity index (χ1) is 11.6. The van der Waals surface area contributed by atoms with Crippen molar-refractivity contribution in [2.45, 2.75) is 44.4 Å². The van der Waals surface area contributed by atoms with Gasteiger partial charge in [-0.1, -0.05) is 23.7 Å². The maximum absolute atomic E-state index is 12.4. The summed E-state index contributed by atoms with van der Waals surface area (Å²) >= 11 is 6.06. The van der Waals surface area contributed by atoms with E-state index < -0.39 is 0 Å². The topological polar surface area (TPSA) is 40.6 Å². The zero-order chi connectivity index (χ0) is 16.9. The SMILES string of the molecule is O=C1CCCCN1CCCC(=O)N1CCC(c2cccc(Cl)c2)C1. The number of benzene rings is 1. The van der Waals surface area contributed by atoms with Crippen molar-refractivity contribution in [1.29, 1.82) is 0 Å². The third-order valence-corrected chi connectivity index (χ3v) is 5.34. The van der Waals surface area contributed by atoms with Crippen molar-refractivity contribution in [2.75, 3.05) is 26.2 Å². The second-order valence-electron chi connectivity index (χ2n) is 6.82. The smallest absolute Gasteiger partial charge is 0.222 e. The van der Waals surface area contributed by atoms with Crippen LogP contribution < -0.4 is 0 Å². The molecule has 0 aromatic heterocycles. The molecule has 1 unspecified atom stereocenters. The van der Waals surface area contributed by atoms with Crippen molar-refractivity contribution in [1.82, 2.24) is 9.80 Å². The lowest BCUT2D eigenvalue weighted by molar-refractivity contribution is -0.134. The van der Waals surface area contributed by atoms with Gasteiger partial charge in [0.1, 0.15) is 0 Å². The molecule has 4 nitrogen and oxygen atoms in total. The summed E-state index contributed by atoms with van der Waals surface area (Å²) in [6.07, 6.45) is 5.06. The van der Waals surface area contributed by atoms with Crippen molar-refractivity contribution in [3.63, 3.8) is 0 Å². The Kier molecular flexibility index (Phi) is 5.77. The highest BCUT2D eigenvalue weighted by atomic mass is 35.5. The van der Waals surface area contributed by atoms with Crippen LogP contribution in [0.3, 0.4) is 0 Å². The quantitative estimate of drug-likeness (QED) is 0.817. The van der Waals surface area contributed by atoms with Gasteiger partial charge in [-0.25, -0.2) is 0 Å². The van der Waals surface area contributed by atoms with E-state index in [-0.39, 0.29) is 11.8 Å². The summed E-state index contributed by atoms with van der Waals surface area (Å²) in [5.74, 6) is 0.844. The fraction of sp³-hybridized carbons (Fsp3) is 0.579. The van der Waals surface area contributed by atoms with Crippen LogP contribution in [0.1, 0.15) is 50.0 Å². The van der Waals surface area contributed by atoms with Crippen LogP contribution in [-0.2, 0) is 9.59 Å². The monoisotopic (exact) mass is 348 g/mol. The highest BCUT2D eigenvalue weighted by molar-refractivity contribution is 6.30. The molecule has 2 amide bonds. The van der Waals surface area contributed by atoms with E-state index in [1.165, 1.54) is 5.56 Å². The van der Waals surface area contributed by atoms with Crippen LogP contribution in [-0.4, -0.2) is 47.8 Å². The number of piperidine rings is 1. The maximum atomic E-state index is 12.4. The zero-order valence-corrected chi connectivity index (χ0v) is 14.8. The molecule has 0 bridgehead atoms. The molecule has 0 aliphatic carbocycles. The average molecular weight is 349 g/mol. The fourth-order valence-electron chi connectivity index (χ4n) is 3.70. The van der Waals surface area contributed by atoms with E-state index in [1.807, 2.05) is 28.0 Å². The number of carbonyl (C=O) groups excluding carboxylic acids is 2. The summed E-state index contributed by atoms with van der Waals surface area (Å²) in [7, 11) is 0. The van der Waals surface area contributed by atoms with Crippen molar-refractivity contribution >= 4 is 23.4 Å². The van der Waals surface area contributed by atoms with Crippen LogP contribution in [0.2, 0.25) is 5.02 Å². The third-order valence-electron chi connectivity index (χ3n) is 5.10. The van der Waals surface area contributed by atoms with E-state index in [9.17, 15) is 9.59 Å². The first kappa shape index (κ1) is 17.3. The van der Waals surface area contributed by atoms with Gasteiger partial charge in [-0.05, 0) is 43.4 Å². The molecule has 2 heterocycles. The van der Waals surface area contributed by atoms with E-state index in [4.69, 9.17) is 11.6 Å². The van der Waals surface area contributed by atoms with Gasteiger partial charge in [0, 0.05) is 50.0 Å². The van der Waals surface area contributed by atoms with E-state index in [2.05, 4.69) is 6.07 Å². The maximum Gasteiger partial charge on any atom is 0.222 e. The van der Waals surface area contributed by atoms with Gasteiger partial charge in [-0.15, -0.1) is 0 Å². The Hall–Kier alpha value is -1.55. The van der Waals surface area contributed by atoms with E-state index >= 15 is 0 Å². The molecule has 24 heavy (non-hydrogen) atoms. The standard InChI is InChI=1S/C19H25ClN2O2/c20-17-6-3-5-15(13-17)16-9-12-22(14-16)19(24)8-4-11-21-10-2-1-7-18(21)23/h3,5-6,13,16H,1-2,4,7-12,14H2. The van der Waals surface area contributed by atoms with Crippen LogP contribution in [0, 0.1) is 0 Å². The Morgan fingerprint density at radius 1 is 1.25 bits per heavy atom. The Balaban J connectivity index is 1.44. The van der Waals surface area contributed by atoms with Crippen molar-refractivity contribution in [3.8, 4) is 0 Å². The largest absolute Gasteiger partial charge is 0.343 e. The van der Waals surface area contributed by atoms with Gasteiger partial charge in [0.25, 0.3) is 0 Å². The van der Waals surface area contributed by atoms with Crippen molar-refractivity contribution in [2.24, 2.45) is 0 Å². The number of carbonyl (C=O) groups is 2. The molecule has 2 saturated heterocycles. The predicted molar refractivity (Wildman–Crippen MR) is 95.1 cm³/mol. The average Bonchev–Trinajstić information content (AvgIpc) is 3.07. The van der Waals surface area contributed by atoms with Crippen LogP contribution in [0.4, 0.5) is 0 Å². The highest BCUT2D eigenvalue weighted by Gasteiger charge is 2.27. The molecule has 0 radical (unpaired) electrons. The minimum Gasteiger partial charge on any atom is -0.343 e. The number of amides is 2. The molecule has 130 valence electrons. The molecule has 0 N–H and O–H groups in total. The molecular weight excluding hydrogens is 324 g/mol. The molecule has 0 saturated carbocycles. The highest BCUT2D eigenvalue weighted by Crippen LogP contribution is 2.29. The summed E-state index contributed by atoms with van der Waals surface area (Å²) in [6, 6.07) is 7.94. The van der Waals surface area contributed by atoms with E-state index in [0.717, 1.165) is 56.9 Å². The van der Waals surface area contributed by atoms with Crippen LogP contribution in [0.5, 0.6) is 0 Å². The van der Waals surface area contributed by atoms with Crippen LogP contribution in [0.25, 0.3) is 0 Å². The summed E-state index contributed by atoms with van der Waals surface area (Å²) in [5.41, 5.74) is 1.22. The normalized spacial score (nSPS) is 21.4. The molecule has 3 rings (SSSR count). The second kappa shape index (κ2) is 8.02. The Morgan fingerprint density at radius 3 is 2.92 bits per heavy atom. The number of rotatable bonds is 5. The van der Waals surface area contributed by atoms with E-state index in [0.29, 0.717) is 18.8 Å². The zero-order valence-electron chi connectivity index (χ0n) is 14.0. The summed E-state index contributed by atoms with van der Waals surface area (Å²) in [4.78, 5) is 28.1. The molecule has 1 atom stereocenters. The number of halogens is 1. The molecule has 0 spiro atoms. The lowest BCUT2D eigenvalue weighted by Crippen LogP contribution is -2.36. The molecule has 2 aliphatic rings. The predicted octanol–water partition coefficient (Wildman–Crippen LogP) is 3.45. The van der Waals surface area contributed by atoms with Crippen molar-refractivity contribution in [3.05, 3.63) is 34.9 Å². The lowest BCUT2D eigenvalue weighted by atomic mass is 9.99. The summed E-state index contributed by atoms with van der Waals surface area (Å²) < 4.78 is 0. The van der Waals surface area contributed by atoms with Gasteiger partial charge >= 0.3 is 0 Å². The van der Waals surface area contributed by atoms with Crippen molar-refractivity contribution < 1.29 is 9.59 Å². The molecule has 5 heteroatoms. The number of likely N-dealkylation sites (tertiary alicyclic amines) is 2. The molecule has 2 fully saturated rings. The molecule has 1 aromatic carbocycles. The van der Waals surface area contributed by atoms with Gasteiger partial charge in [0.15, 0.2) is 0 Å². The number of hydrogen-bond acceptors (Lipinski definition) is 2. The second-order valence-corrected chi connectivity index (χ2v) is 7.26. The van der Waals surface area contributed by atoms with Crippen LogP contribution >= 0.6 is 11.6 Å². The minimum atomic E-state index is 0.212. The summed E-state index contributed by atoms with van der Waals surface area (Å²) in [6.45, 7) is 3.17. The Bertz CT molecular complexity index is 605. The van der Waals surface area contributed by atoms with Gasteiger partial charge < -0.3 is 9.80 Å². The van der Waals surface area contributed by atoms with Crippen LogP contribution in [0.15, 0.2) is 24.3 Å². The Labute approximate surface area is 148 Å². The summed E-state index contributed by atoms with van der Waals surface area (Å²) in [5, 5.41) is 0.753. The Morgan fingerprint density at radius 2 is 2.12 bits per heavy atom. The van der Waals surface area contributed by atoms with Gasteiger partial charge in [-0.2, -0.15) is 0 Å². The number of nitrogens with zero attached hydrogens (tertiary/aromatic N) is 2. The molecule has 1 aromatic rings. The lowest BCUT2D eigenvalue weighted by Gasteiger charge is -2.26. The molecule has 2 aliphatic heterocycles. The van der Waals surface area contributed by atoms with Gasteiger partial charge in [-0.3, -0.25) is 9.59 Å². The first-order valence-corrected chi connectivity index (χ1v) is 9.32. The number of hydrogen-bond donors (Lipinski definition) is 0. The van der Waals surface area contributed by atoms with Gasteiger partial charge in [0.2, 0.25) is 11.8 Å². The first-order valence-electron chi connectivity index (χ1n) is 8.94. The van der Waals surface area contributed by atoms with Gasteiger partial charge in [0.05, 0.1) is 0 Å².